The van der Waals surface area contributed by atoms with Crippen molar-refractivity contribution in [3.63, 3.8) is 0 Å². The van der Waals surface area contributed by atoms with Gasteiger partial charge >= 0.3 is 5.19 Å². The number of aromatic nitrogens is 4. The maximum atomic E-state index is 8.81. The molecule has 0 aliphatic carbocycles. The maximum Gasteiger partial charge on any atom is 0.300 e. The number of hydrogen-bond donors (Lipinski definition) is 1. The molecule has 80 valence electrons. The summed E-state index contributed by atoms with van der Waals surface area (Å²) in [6.45, 7) is 1.76. The van der Waals surface area contributed by atoms with Gasteiger partial charge in [0.1, 0.15) is 5.01 Å². The zero-order chi connectivity index (χ0) is 10.8. The molecule has 6 nitrogen and oxygen atoms in total. The van der Waals surface area contributed by atoms with E-state index in [1.165, 1.54) is 11.3 Å². The fourth-order valence-electron chi connectivity index (χ4n) is 1.12. The topological polar surface area (TPSA) is 73.1 Å². The van der Waals surface area contributed by atoms with Crippen LogP contribution in [0.1, 0.15) is 10.7 Å². The minimum absolute atomic E-state index is 0.120. The van der Waals surface area contributed by atoms with Crippen molar-refractivity contribution in [2.24, 2.45) is 7.05 Å². The summed E-state index contributed by atoms with van der Waals surface area (Å²) in [5.74, 6) is 0.605. The van der Waals surface area contributed by atoms with Crippen molar-refractivity contribution < 1.29 is 9.84 Å². The van der Waals surface area contributed by atoms with Crippen LogP contribution < -0.4 is 4.74 Å². The van der Waals surface area contributed by atoms with E-state index in [0.717, 1.165) is 5.69 Å². The third kappa shape index (κ3) is 2.13. The first kappa shape index (κ1) is 10.1. The quantitative estimate of drug-likeness (QED) is 0.840. The lowest BCUT2D eigenvalue weighted by molar-refractivity contribution is 0.280. The third-order valence-corrected chi connectivity index (χ3v) is 2.52. The normalized spacial score (nSPS) is 10.6. The monoisotopic (exact) mass is 226 g/mol. The molecule has 7 heteroatoms. The third-order valence-electron chi connectivity index (χ3n) is 1.73. The van der Waals surface area contributed by atoms with Crippen molar-refractivity contribution in [3.05, 3.63) is 16.8 Å². The number of aliphatic hydroxyl groups is 1. The lowest BCUT2D eigenvalue weighted by atomic mass is 10.5. The summed E-state index contributed by atoms with van der Waals surface area (Å²) in [5, 5.41) is 21.4. The van der Waals surface area contributed by atoms with Crippen LogP contribution in [0.3, 0.4) is 0 Å². The number of aryl methyl sites for hydroxylation is 2. The van der Waals surface area contributed by atoms with Crippen LogP contribution in [0.5, 0.6) is 11.1 Å². The maximum absolute atomic E-state index is 8.81. The molecule has 0 aromatic carbocycles. The van der Waals surface area contributed by atoms with Gasteiger partial charge in [0.05, 0.1) is 12.3 Å². The van der Waals surface area contributed by atoms with Crippen molar-refractivity contribution >= 4 is 11.3 Å². The summed E-state index contributed by atoms with van der Waals surface area (Å²) in [6.07, 6.45) is 0. The van der Waals surface area contributed by atoms with Crippen LogP contribution >= 0.6 is 11.3 Å². The van der Waals surface area contributed by atoms with Gasteiger partial charge in [-0.05, 0) is 6.92 Å². The minimum atomic E-state index is -0.120. The minimum Gasteiger partial charge on any atom is -0.411 e. The van der Waals surface area contributed by atoms with Crippen LogP contribution in [0.2, 0.25) is 0 Å². The second kappa shape index (κ2) is 3.95. The number of ether oxygens (including phenoxy) is 1. The second-order valence-electron chi connectivity index (χ2n) is 2.97. The molecular formula is C8H10N4O2S. The predicted octanol–water partition coefficient (Wildman–Crippen LogP) is 0.865. The number of rotatable bonds is 3. The summed E-state index contributed by atoms with van der Waals surface area (Å²) in [6, 6.07) is 1.81. The van der Waals surface area contributed by atoms with E-state index in [0.29, 0.717) is 16.1 Å². The highest BCUT2D eigenvalue weighted by atomic mass is 32.1. The summed E-state index contributed by atoms with van der Waals surface area (Å²) < 4.78 is 7.07. The van der Waals surface area contributed by atoms with Gasteiger partial charge in [-0.25, -0.2) is 4.68 Å². The van der Waals surface area contributed by atoms with Crippen LogP contribution in [-0.2, 0) is 13.7 Å². The molecule has 0 aliphatic heterocycles. The molecule has 0 unspecified atom stereocenters. The average Bonchev–Trinajstić information content (AvgIpc) is 2.75. The van der Waals surface area contributed by atoms with Gasteiger partial charge in [0, 0.05) is 13.1 Å². The molecule has 2 aromatic heterocycles. The summed E-state index contributed by atoms with van der Waals surface area (Å²) in [7, 11) is 1.79. The molecule has 0 spiro atoms. The average molecular weight is 226 g/mol. The van der Waals surface area contributed by atoms with Crippen LogP contribution in [0.15, 0.2) is 6.07 Å². The fraction of sp³-hybridized carbons (Fsp3) is 0.375. The molecule has 0 radical (unpaired) electrons. The van der Waals surface area contributed by atoms with E-state index in [2.05, 4.69) is 15.3 Å². The summed E-state index contributed by atoms with van der Waals surface area (Å²) in [5.41, 5.74) is 0.874. The van der Waals surface area contributed by atoms with Crippen LogP contribution in [0.4, 0.5) is 0 Å². The van der Waals surface area contributed by atoms with Crippen LogP contribution in [0, 0.1) is 6.92 Å². The van der Waals surface area contributed by atoms with E-state index < -0.39 is 0 Å². The van der Waals surface area contributed by atoms with Crippen molar-refractivity contribution in [2.45, 2.75) is 13.5 Å². The highest BCUT2D eigenvalue weighted by Crippen LogP contribution is 2.24. The Bertz CT molecular complexity index is 465. The summed E-state index contributed by atoms with van der Waals surface area (Å²) >= 11 is 1.21. The highest BCUT2D eigenvalue weighted by Gasteiger charge is 2.08. The molecular weight excluding hydrogens is 216 g/mol. The molecule has 2 rings (SSSR count). The molecule has 0 atom stereocenters. The smallest absolute Gasteiger partial charge is 0.300 e. The van der Waals surface area contributed by atoms with Crippen molar-refractivity contribution in [1.82, 2.24) is 20.0 Å². The molecule has 2 heterocycles. The molecule has 15 heavy (non-hydrogen) atoms. The Morgan fingerprint density at radius 1 is 1.53 bits per heavy atom. The van der Waals surface area contributed by atoms with Gasteiger partial charge in [-0.1, -0.05) is 16.4 Å². The van der Waals surface area contributed by atoms with E-state index in [1.54, 1.807) is 17.8 Å². The molecule has 0 amide bonds. The van der Waals surface area contributed by atoms with E-state index in [9.17, 15) is 0 Å². The lowest BCUT2D eigenvalue weighted by Crippen LogP contribution is -1.94. The summed E-state index contributed by atoms with van der Waals surface area (Å²) in [4.78, 5) is 0. The van der Waals surface area contributed by atoms with Crippen molar-refractivity contribution in [3.8, 4) is 11.1 Å². The second-order valence-corrected chi connectivity index (χ2v) is 3.99. The largest absolute Gasteiger partial charge is 0.411 e. The Morgan fingerprint density at radius 3 is 2.87 bits per heavy atom. The molecule has 0 saturated heterocycles. The number of aliphatic hydroxyl groups excluding tert-OH is 1. The lowest BCUT2D eigenvalue weighted by Gasteiger charge is -1.98. The van der Waals surface area contributed by atoms with Crippen molar-refractivity contribution in [2.75, 3.05) is 0 Å². The Hall–Kier alpha value is -1.47. The fourth-order valence-corrected chi connectivity index (χ4v) is 1.67. The Kier molecular flexibility index (Phi) is 2.65. The molecule has 0 fully saturated rings. The zero-order valence-electron chi connectivity index (χ0n) is 8.34. The first-order valence-electron chi connectivity index (χ1n) is 4.31. The van der Waals surface area contributed by atoms with Gasteiger partial charge in [0.25, 0.3) is 0 Å². The molecule has 1 N–H and O–H groups in total. The Balaban J connectivity index is 2.17. The standard InChI is InChI=1S/C8H10N4O2S/c1-5-3-7(12(2)11-5)14-8-10-9-6(4-13)15-8/h3,13H,4H2,1-2H3. The first-order valence-corrected chi connectivity index (χ1v) is 5.12. The van der Waals surface area contributed by atoms with Gasteiger partial charge in [0.15, 0.2) is 0 Å². The Morgan fingerprint density at radius 2 is 2.33 bits per heavy atom. The first-order chi connectivity index (χ1) is 7.19. The molecule has 0 aliphatic rings. The highest BCUT2D eigenvalue weighted by molar-refractivity contribution is 7.13. The van der Waals surface area contributed by atoms with Crippen LogP contribution in [-0.4, -0.2) is 25.1 Å². The van der Waals surface area contributed by atoms with Gasteiger partial charge in [0.2, 0.25) is 5.88 Å². The predicted molar refractivity (Wildman–Crippen MR) is 53.9 cm³/mol. The van der Waals surface area contributed by atoms with E-state index in [1.807, 2.05) is 6.92 Å². The molecule has 0 saturated carbocycles. The zero-order valence-corrected chi connectivity index (χ0v) is 9.15. The van der Waals surface area contributed by atoms with Gasteiger partial charge in [-0.15, -0.1) is 5.10 Å². The van der Waals surface area contributed by atoms with E-state index >= 15 is 0 Å². The van der Waals surface area contributed by atoms with Crippen molar-refractivity contribution in [1.29, 1.82) is 0 Å². The SMILES string of the molecule is Cc1cc(Oc2nnc(CO)s2)n(C)n1. The number of hydrogen-bond acceptors (Lipinski definition) is 6. The van der Waals surface area contributed by atoms with Gasteiger partial charge in [-0.3, -0.25) is 0 Å². The van der Waals surface area contributed by atoms with Gasteiger partial charge in [-0.2, -0.15) is 5.10 Å². The van der Waals surface area contributed by atoms with Crippen LogP contribution in [0.25, 0.3) is 0 Å². The molecule has 0 bridgehead atoms. The van der Waals surface area contributed by atoms with E-state index in [-0.39, 0.29) is 6.61 Å². The van der Waals surface area contributed by atoms with Gasteiger partial charge < -0.3 is 9.84 Å². The Labute approximate surface area is 90.1 Å². The molecule has 2 aromatic rings. The van der Waals surface area contributed by atoms with E-state index in [4.69, 9.17) is 9.84 Å². The number of nitrogens with zero attached hydrogens (tertiary/aromatic N) is 4.